The van der Waals surface area contributed by atoms with Gasteiger partial charge in [-0.1, -0.05) is 109 Å². The first-order chi connectivity index (χ1) is 29.6. The Bertz CT molecular complexity index is 3100. The van der Waals surface area contributed by atoms with Crippen molar-refractivity contribution in [3.63, 3.8) is 0 Å². The van der Waals surface area contributed by atoms with Gasteiger partial charge in [0.25, 0.3) is 0 Å². The lowest BCUT2D eigenvalue weighted by Gasteiger charge is -2.31. The molecule has 0 saturated heterocycles. The van der Waals surface area contributed by atoms with Crippen LogP contribution in [0.15, 0.2) is 218 Å². The van der Waals surface area contributed by atoms with Crippen LogP contribution in [0.2, 0.25) is 0 Å². The second kappa shape index (κ2) is 14.5. The molecule has 11 aromatic rings. The zero-order valence-electron chi connectivity index (χ0n) is 33.6. The van der Waals surface area contributed by atoms with Crippen LogP contribution in [-0.4, -0.2) is 9.13 Å². The van der Waals surface area contributed by atoms with E-state index in [0.29, 0.717) is 0 Å². The maximum atomic E-state index is 2.41. The first-order valence-electron chi connectivity index (χ1n) is 20.6. The Morgan fingerprint density at radius 1 is 0.283 bits per heavy atom. The summed E-state index contributed by atoms with van der Waals surface area (Å²) in [7, 11) is 0. The minimum Gasteiger partial charge on any atom is -0.310 e. The molecule has 0 bridgehead atoms. The van der Waals surface area contributed by atoms with E-state index in [0.717, 1.165) is 45.5 Å². The third kappa shape index (κ3) is 5.84. The molecule has 4 heteroatoms. The van der Waals surface area contributed by atoms with Crippen molar-refractivity contribution in [3.05, 3.63) is 230 Å². The van der Waals surface area contributed by atoms with Crippen LogP contribution in [0.25, 0.3) is 55.0 Å². The Morgan fingerprint density at radius 2 is 0.617 bits per heavy atom. The molecule has 0 radical (unpaired) electrons. The number of aryl methyl sites for hydroxylation is 2. The highest BCUT2D eigenvalue weighted by Gasteiger charge is 2.23. The average Bonchev–Trinajstić information content (AvgIpc) is 3.82. The summed E-state index contributed by atoms with van der Waals surface area (Å²) in [6.45, 7) is 4.49. The van der Waals surface area contributed by atoms with E-state index in [9.17, 15) is 0 Å². The summed E-state index contributed by atoms with van der Waals surface area (Å²) in [5.41, 5.74) is 16.1. The van der Waals surface area contributed by atoms with Crippen LogP contribution in [0.3, 0.4) is 0 Å². The fourth-order valence-corrected chi connectivity index (χ4v) is 9.19. The van der Waals surface area contributed by atoms with Gasteiger partial charge in [0, 0.05) is 67.0 Å². The first-order valence-corrected chi connectivity index (χ1v) is 20.6. The number of benzene rings is 9. The minimum atomic E-state index is 1.11. The van der Waals surface area contributed by atoms with Crippen LogP contribution in [0.1, 0.15) is 11.1 Å². The first kappa shape index (κ1) is 35.4. The monoisotopic (exact) mass is 770 g/mol. The van der Waals surface area contributed by atoms with Crippen LogP contribution in [0.4, 0.5) is 34.1 Å². The molecule has 0 aliphatic carbocycles. The van der Waals surface area contributed by atoms with E-state index < -0.39 is 0 Å². The Balaban J connectivity index is 1.08. The molecular weight excluding hydrogens is 729 g/mol. The van der Waals surface area contributed by atoms with Crippen LogP contribution in [-0.2, 0) is 0 Å². The summed E-state index contributed by atoms with van der Waals surface area (Å²) in [6.07, 6.45) is 0. The molecule has 0 aliphatic rings. The number of para-hydroxylation sites is 6. The third-order valence-electron chi connectivity index (χ3n) is 11.9. The molecule has 0 amide bonds. The average molecular weight is 771 g/mol. The largest absolute Gasteiger partial charge is 0.310 e. The van der Waals surface area contributed by atoms with Crippen LogP contribution >= 0.6 is 0 Å². The van der Waals surface area contributed by atoms with E-state index in [-0.39, 0.29) is 0 Å². The van der Waals surface area contributed by atoms with Gasteiger partial charge in [0.15, 0.2) is 0 Å². The molecule has 2 heterocycles. The standard InChI is InChI=1S/C56H42N4/c1-39-35-56(58(42-21-9-4-10-22-42)46-32-34-54-50(38-46)48-28-16-18-30-52(48)60(54)44-25-13-6-14-26-44)40(2)36-55(39)57(41-19-7-3-8-20-41)45-31-33-53-49(37-45)47-27-15-17-29-51(47)59(53)43-23-11-5-12-24-43/h3-38H,1-2H3. The molecule has 0 aliphatic heterocycles. The topological polar surface area (TPSA) is 16.3 Å². The lowest BCUT2D eigenvalue weighted by atomic mass is 10.0. The molecule has 286 valence electrons. The zero-order chi connectivity index (χ0) is 40.2. The van der Waals surface area contributed by atoms with E-state index >= 15 is 0 Å². The van der Waals surface area contributed by atoms with E-state index in [1.165, 1.54) is 54.7 Å². The Labute approximate surface area is 350 Å². The number of nitrogens with zero attached hydrogens (tertiary/aromatic N) is 4. The molecule has 9 aromatic carbocycles. The predicted molar refractivity (Wildman–Crippen MR) is 254 cm³/mol. The summed E-state index contributed by atoms with van der Waals surface area (Å²) >= 11 is 0. The summed E-state index contributed by atoms with van der Waals surface area (Å²) < 4.78 is 4.75. The zero-order valence-corrected chi connectivity index (χ0v) is 33.6. The molecule has 0 atom stereocenters. The molecule has 4 nitrogen and oxygen atoms in total. The molecule has 0 saturated carbocycles. The van der Waals surface area contributed by atoms with Crippen LogP contribution in [0.5, 0.6) is 0 Å². The smallest absolute Gasteiger partial charge is 0.0542 e. The second-order valence-electron chi connectivity index (χ2n) is 15.5. The molecular formula is C56H42N4. The molecule has 0 unspecified atom stereocenters. The van der Waals surface area contributed by atoms with E-state index in [2.05, 4.69) is 251 Å². The molecule has 0 fully saturated rings. The van der Waals surface area contributed by atoms with Gasteiger partial charge in [-0.2, -0.15) is 0 Å². The van der Waals surface area contributed by atoms with Crippen molar-refractivity contribution in [2.45, 2.75) is 13.8 Å². The predicted octanol–water partition coefficient (Wildman–Crippen LogP) is 15.4. The molecule has 2 aromatic heterocycles. The highest BCUT2D eigenvalue weighted by Crippen LogP contribution is 2.45. The van der Waals surface area contributed by atoms with Gasteiger partial charge in [0.1, 0.15) is 0 Å². The Morgan fingerprint density at radius 3 is 1.02 bits per heavy atom. The number of hydrogen-bond donors (Lipinski definition) is 0. The fourth-order valence-electron chi connectivity index (χ4n) is 9.19. The molecule has 60 heavy (non-hydrogen) atoms. The quantitative estimate of drug-likeness (QED) is 0.153. The summed E-state index contributed by atoms with van der Waals surface area (Å²) in [5.74, 6) is 0. The maximum Gasteiger partial charge on any atom is 0.0542 e. The number of anilines is 6. The number of rotatable bonds is 8. The van der Waals surface area contributed by atoms with Crippen LogP contribution in [0, 0.1) is 13.8 Å². The fraction of sp³-hybridized carbons (Fsp3) is 0.0357. The summed E-state index contributed by atoms with van der Waals surface area (Å²) in [5, 5.41) is 4.91. The second-order valence-corrected chi connectivity index (χ2v) is 15.5. The van der Waals surface area contributed by atoms with Crippen molar-refractivity contribution in [1.82, 2.24) is 9.13 Å². The van der Waals surface area contributed by atoms with Gasteiger partial charge in [0.05, 0.1) is 22.1 Å². The van der Waals surface area contributed by atoms with Crippen molar-refractivity contribution in [3.8, 4) is 11.4 Å². The highest BCUT2D eigenvalue weighted by atomic mass is 15.2. The highest BCUT2D eigenvalue weighted by molar-refractivity contribution is 6.12. The van der Waals surface area contributed by atoms with Crippen LogP contribution < -0.4 is 9.80 Å². The van der Waals surface area contributed by atoms with E-state index in [4.69, 9.17) is 0 Å². The SMILES string of the molecule is Cc1cc(N(c2ccccc2)c2ccc3c(c2)c2ccccc2n3-c2ccccc2)c(C)cc1N(c1ccccc1)c1ccc2c(c1)c1ccccc1n2-c1ccccc1. The Kier molecular flexibility index (Phi) is 8.56. The van der Waals surface area contributed by atoms with E-state index in [1.807, 2.05) is 0 Å². The molecule has 0 spiro atoms. The van der Waals surface area contributed by atoms with Gasteiger partial charge in [-0.15, -0.1) is 0 Å². The van der Waals surface area contributed by atoms with Crippen molar-refractivity contribution in [2.75, 3.05) is 9.80 Å². The molecule has 11 rings (SSSR count). The number of aromatic nitrogens is 2. The normalized spacial score (nSPS) is 11.5. The lowest BCUT2D eigenvalue weighted by molar-refractivity contribution is 1.17. The lowest BCUT2D eigenvalue weighted by Crippen LogP contribution is -2.15. The van der Waals surface area contributed by atoms with Crippen molar-refractivity contribution in [2.24, 2.45) is 0 Å². The van der Waals surface area contributed by atoms with Gasteiger partial charge >= 0.3 is 0 Å². The third-order valence-corrected chi connectivity index (χ3v) is 11.9. The maximum absolute atomic E-state index is 2.41. The Hall–Kier alpha value is -7.82. The van der Waals surface area contributed by atoms with Gasteiger partial charge in [0.2, 0.25) is 0 Å². The van der Waals surface area contributed by atoms with Crippen molar-refractivity contribution in [1.29, 1.82) is 0 Å². The van der Waals surface area contributed by atoms with Gasteiger partial charge in [-0.3, -0.25) is 0 Å². The van der Waals surface area contributed by atoms with E-state index in [1.54, 1.807) is 0 Å². The summed E-state index contributed by atoms with van der Waals surface area (Å²) in [4.78, 5) is 4.83. The van der Waals surface area contributed by atoms with Crippen molar-refractivity contribution >= 4 is 77.7 Å². The van der Waals surface area contributed by atoms with Gasteiger partial charge in [-0.25, -0.2) is 0 Å². The molecule has 0 N–H and O–H groups in total. The minimum absolute atomic E-state index is 1.11. The van der Waals surface area contributed by atoms with Gasteiger partial charge in [-0.05, 0) is 134 Å². The summed E-state index contributed by atoms with van der Waals surface area (Å²) in [6, 6.07) is 78.9. The van der Waals surface area contributed by atoms with Gasteiger partial charge < -0.3 is 18.9 Å². The van der Waals surface area contributed by atoms with Crippen molar-refractivity contribution < 1.29 is 0 Å². The number of fused-ring (bicyclic) bond motifs is 6. The number of hydrogen-bond acceptors (Lipinski definition) is 2.